The summed E-state index contributed by atoms with van der Waals surface area (Å²) in [5.41, 5.74) is 7.08. The topological polar surface area (TPSA) is 78.8 Å². The number of hydrogen-bond donors (Lipinski definition) is 0. The second-order valence-electron chi connectivity index (χ2n) is 8.73. The Kier molecular flexibility index (Phi) is 5.30. The largest absolute Gasteiger partial charge is 0.341 e. The lowest BCUT2D eigenvalue weighted by Crippen LogP contribution is -2.01. The van der Waals surface area contributed by atoms with E-state index in [1.807, 2.05) is 22.9 Å². The Morgan fingerprint density at radius 2 is 1.56 bits per heavy atom. The molecule has 0 spiro atoms. The molecule has 0 saturated carbocycles. The molecule has 0 radical (unpaired) electrons. The monoisotopic (exact) mass is 473 g/mol. The Morgan fingerprint density at radius 3 is 2.31 bits per heavy atom. The minimum Gasteiger partial charge on any atom is -0.341 e. The van der Waals surface area contributed by atoms with Crippen molar-refractivity contribution < 1.29 is 4.92 Å². The molecule has 2 heterocycles. The van der Waals surface area contributed by atoms with Crippen LogP contribution < -0.4 is 0 Å². The van der Waals surface area contributed by atoms with Crippen molar-refractivity contribution in [1.29, 1.82) is 0 Å². The van der Waals surface area contributed by atoms with E-state index >= 15 is 0 Å². The quantitative estimate of drug-likeness (QED) is 0.203. The van der Waals surface area contributed by atoms with Crippen LogP contribution in [0.25, 0.3) is 38.8 Å². The Bertz CT molecular complexity index is 1720. The Hall–Kier alpha value is -4.78. The summed E-state index contributed by atoms with van der Waals surface area (Å²) in [6.45, 7) is 3.05. The van der Waals surface area contributed by atoms with Crippen molar-refractivity contribution in [1.82, 2.24) is 19.6 Å². The van der Waals surface area contributed by atoms with Crippen LogP contribution in [0.2, 0.25) is 0 Å². The number of nitrogens with zero attached hydrogens (tertiary/aromatic N) is 5. The third kappa shape index (κ3) is 3.62. The van der Waals surface area contributed by atoms with Crippen molar-refractivity contribution in [2.45, 2.75) is 19.9 Å². The summed E-state index contributed by atoms with van der Waals surface area (Å²) in [5.74, 6) is 0. The number of nitro groups is 1. The van der Waals surface area contributed by atoms with Gasteiger partial charge in [0, 0.05) is 52.5 Å². The van der Waals surface area contributed by atoms with Crippen LogP contribution in [0.1, 0.15) is 18.2 Å². The smallest absolute Gasteiger partial charge is 0.269 e. The SMILES string of the molecule is CCn1c2ccccc2c2cc(-n3nnc(Cc4ccc([N+](=O)[O-])cc4)c3-c3ccccc3)ccc21. The molecule has 0 atom stereocenters. The van der Waals surface area contributed by atoms with Crippen LogP contribution >= 0.6 is 0 Å². The van der Waals surface area contributed by atoms with Crippen molar-refractivity contribution >= 4 is 27.5 Å². The van der Waals surface area contributed by atoms with E-state index in [1.54, 1.807) is 12.1 Å². The molecule has 0 amide bonds. The van der Waals surface area contributed by atoms with Crippen molar-refractivity contribution in [2.24, 2.45) is 0 Å². The van der Waals surface area contributed by atoms with Crippen LogP contribution in [0.4, 0.5) is 5.69 Å². The van der Waals surface area contributed by atoms with Crippen molar-refractivity contribution in [3.05, 3.63) is 118 Å². The van der Waals surface area contributed by atoms with Gasteiger partial charge in [-0.15, -0.1) is 5.10 Å². The first-order chi connectivity index (χ1) is 17.6. The molecule has 0 N–H and O–H groups in total. The minimum absolute atomic E-state index is 0.0743. The third-order valence-corrected chi connectivity index (χ3v) is 6.62. The number of fused-ring (bicyclic) bond motifs is 3. The van der Waals surface area contributed by atoms with Gasteiger partial charge in [-0.1, -0.05) is 65.9 Å². The van der Waals surface area contributed by atoms with E-state index in [2.05, 4.69) is 76.4 Å². The first-order valence-corrected chi connectivity index (χ1v) is 11.9. The third-order valence-electron chi connectivity index (χ3n) is 6.62. The summed E-state index contributed by atoms with van der Waals surface area (Å²) >= 11 is 0. The van der Waals surface area contributed by atoms with E-state index in [-0.39, 0.29) is 10.6 Å². The zero-order valence-corrected chi connectivity index (χ0v) is 19.7. The van der Waals surface area contributed by atoms with E-state index in [4.69, 9.17) is 0 Å². The first kappa shape index (κ1) is 21.7. The second kappa shape index (κ2) is 8.78. The molecule has 176 valence electrons. The van der Waals surface area contributed by atoms with E-state index in [9.17, 15) is 10.1 Å². The first-order valence-electron chi connectivity index (χ1n) is 11.9. The maximum atomic E-state index is 11.0. The van der Waals surface area contributed by atoms with Crippen molar-refractivity contribution in [3.8, 4) is 16.9 Å². The van der Waals surface area contributed by atoms with Gasteiger partial charge >= 0.3 is 0 Å². The number of benzene rings is 4. The zero-order chi connectivity index (χ0) is 24.6. The molecule has 0 fully saturated rings. The van der Waals surface area contributed by atoms with E-state index in [0.717, 1.165) is 34.7 Å². The van der Waals surface area contributed by atoms with Gasteiger partial charge in [0.25, 0.3) is 5.69 Å². The van der Waals surface area contributed by atoms with Gasteiger partial charge in [0.05, 0.1) is 22.0 Å². The van der Waals surface area contributed by atoms with Crippen LogP contribution in [0.3, 0.4) is 0 Å². The fourth-order valence-electron chi connectivity index (χ4n) is 4.94. The molecule has 0 unspecified atom stereocenters. The highest BCUT2D eigenvalue weighted by atomic mass is 16.6. The fourth-order valence-corrected chi connectivity index (χ4v) is 4.94. The Balaban J connectivity index is 1.50. The molecule has 2 aromatic heterocycles. The number of aromatic nitrogens is 4. The highest BCUT2D eigenvalue weighted by Crippen LogP contribution is 2.33. The fraction of sp³-hybridized carbons (Fsp3) is 0.103. The predicted molar refractivity (Wildman–Crippen MR) is 141 cm³/mol. The number of nitro benzene ring substituents is 1. The summed E-state index contributed by atoms with van der Waals surface area (Å²) in [6.07, 6.45) is 0.514. The van der Waals surface area contributed by atoms with Gasteiger partial charge in [-0.25, -0.2) is 4.68 Å². The summed E-state index contributed by atoms with van der Waals surface area (Å²) in [7, 11) is 0. The van der Waals surface area contributed by atoms with Crippen molar-refractivity contribution in [2.75, 3.05) is 0 Å². The van der Waals surface area contributed by atoms with Crippen molar-refractivity contribution in [3.63, 3.8) is 0 Å². The van der Waals surface area contributed by atoms with Gasteiger partial charge in [-0.2, -0.15) is 0 Å². The van der Waals surface area contributed by atoms with E-state index < -0.39 is 0 Å². The normalized spacial score (nSPS) is 11.4. The summed E-state index contributed by atoms with van der Waals surface area (Å²) < 4.78 is 4.22. The summed E-state index contributed by atoms with van der Waals surface area (Å²) in [5, 5.41) is 22.6. The lowest BCUT2D eigenvalue weighted by molar-refractivity contribution is -0.384. The Labute approximate surface area is 207 Å². The molecule has 0 aliphatic heterocycles. The molecule has 7 nitrogen and oxygen atoms in total. The molecular weight excluding hydrogens is 450 g/mol. The highest BCUT2D eigenvalue weighted by molar-refractivity contribution is 6.08. The maximum Gasteiger partial charge on any atom is 0.269 e. The van der Waals surface area contributed by atoms with Gasteiger partial charge < -0.3 is 4.57 Å². The average Bonchev–Trinajstić information content (AvgIpc) is 3.48. The van der Waals surface area contributed by atoms with Crippen LogP contribution in [-0.2, 0) is 13.0 Å². The van der Waals surface area contributed by atoms with Gasteiger partial charge in [0.15, 0.2) is 0 Å². The van der Waals surface area contributed by atoms with Crippen LogP contribution in [0.15, 0.2) is 97.1 Å². The zero-order valence-electron chi connectivity index (χ0n) is 19.7. The Morgan fingerprint density at radius 1 is 0.833 bits per heavy atom. The molecule has 0 aliphatic rings. The molecule has 36 heavy (non-hydrogen) atoms. The van der Waals surface area contributed by atoms with E-state index in [0.29, 0.717) is 6.42 Å². The molecule has 6 rings (SSSR count). The van der Waals surface area contributed by atoms with Gasteiger partial charge in [0.1, 0.15) is 0 Å². The van der Waals surface area contributed by atoms with E-state index in [1.165, 1.54) is 33.9 Å². The lowest BCUT2D eigenvalue weighted by Gasteiger charge is -2.10. The summed E-state index contributed by atoms with van der Waals surface area (Å²) in [6, 6.07) is 31.6. The maximum absolute atomic E-state index is 11.0. The minimum atomic E-state index is -0.388. The van der Waals surface area contributed by atoms with Gasteiger partial charge in [-0.3, -0.25) is 10.1 Å². The highest BCUT2D eigenvalue weighted by Gasteiger charge is 2.19. The molecule has 0 bridgehead atoms. The van der Waals surface area contributed by atoms with Crippen LogP contribution in [0.5, 0.6) is 0 Å². The molecule has 4 aromatic carbocycles. The van der Waals surface area contributed by atoms with Gasteiger partial charge in [-0.05, 0) is 36.8 Å². The molecular formula is C29H23N5O2. The number of hydrogen-bond acceptors (Lipinski definition) is 4. The molecule has 0 aliphatic carbocycles. The average molecular weight is 474 g/mol. The standard InChI is InChI=1S/C29H23N5O2/c1-2-32-27-11-7-6-10-24(27)25-19-23(16-17-28(25)32)33-29(21-8-4-3-5-9-21)26(30-31-33)18-20-12-14-22(15-13-20)34(35)36/h3-17,19H,2,18H2,1H3. The molecule has 0 saturated heterocycles. The van der Waals surface area contributed by atoms with Crippen LogP contribution in [-0.4, -0.2) is 24.5 Å². The van der Waals surface area contributed by atoms with Gasteiger partial charge in [0.2, 0.25) is 0 Å². The predicted octanol–water partition coefficient (Wildman–Crippen LogP) is 6.56. The van der Waals surface area contributed by atoms with Crippen LogP contribution in [0, 0.1) is 10.1 Å². The number of non-ortho nitro benzene ring substituents is 1. The second-order valence-corrected chi connectivity index (χ2v) is 8.73. The number of aryl methyl sites for hydroxylation is 1. The number of para-hydroxylation sites is 1. The molecule has 7 heteroatoms. The number of rotatable bonds is 6. The molecule has 6 aromatic rings. The lowest BCUT2D eigenvalue weighted by atomic mass is 10.0. The summed E-state index contributed by atoms with van der Waals surface area (Å²) in [4.78, 5) is 10.7.